The first-order chi connectivity index (χ1) is 14.9. The molecular weight excluding hydrogens is 418 g/mol. The van der Waals surface area contributed by atoms with Gasteiger partial charge in [0.05, 0.1) is 24.9 Å². The number of rotatable bonds is 5. The number of hydrogen-bond donors (Lipinski definition) is 1. The highest BCUT2D eigenvalue weighted by Gasteiger charge is 2.27. The Morgan fingerprint density at radius 2 is 2.00 bits per heavy atom. The summed E-state index contributed by atoms with van der Waals surface area (Å²) in [4.78, 5) is 24.2. The summed E-state index contributed by atoms with van der Waals surface area (Å²) >= 11 is 6.35. The highest BCUT2D eigenvalue weighted by molar-refractivity contribution is 6.31. The number of nitrogens with one attached hydrogen (secondary N) is 1. The highest BCUT2D eigenvalue weighted by Crippen LogP contribution is 2.41. The fourth-order valence-electron chi connectivity index (χ4n) is 3.75. The molecule has 0 saturated heterocycles. The molecule has 4 rings (SSSR count). The first-order valence-electron chi connectivity index (χ1n) is 9.82. The van der Waals surface area contributed by atoms with E-state index in [9.17, 15) is 9.59 Å². The molecule has 1 atom stereocenters. The van der Waals surface area contributed by atoms with Gasteiger partial charge >= 0.3 is 5.97 Å². The van der Waals surface area contributed by atoms with Crippen molar-refractivity contribution in [3.63, 3.8) is 0 Å². The van der Waals surface area contributed by atoms with Crippen LogP contribution in [0.1, 0.15) is 32.1 Å². The number of ether oxygens (including phenoxy) is 2. The predicted molar refractivity (Wildman–Crippen MR) is 117 cm³/mol. The number of halogens is 1. The maximum Gasteiger partial charge on any atom is 0.337 e. The van der Waals surface area contributed by atoms with Gasteiger partial charge in [-0.3, -0.25) is 9.48 Å². The van der Waals surface area contributed by atoms with Crippen molar-refractivity contribution in [2.24, 2.45) is 7.05 Å². The lowest BCUT2D eigenvalue weighted by atomic mass is 9.99. The second kappa shape index (κ2) is 8.43. The summed E-state index contributed by atoms with van der Waals surface area (Å²) in [5.41, 5.74) is 4.46. The van der Waals surface area contributed by atoms with Crippen molar-refractivity contribution in [1.82, 2.24) is 15.1 Å². The van der Waals surface area contributed by atoms with Crippen LogP contribution in [0.4, 0.5) is 0 Å². The summed E-state index contributed by atoms with van der Waals surface area (Å²) in [5.74, 6) is 0.156. The van der Waals surface area contributed by atoms with Crippen LogP contribution in [-0.4, -0.2) is 41.4 Å². The van der Waals surface area contributed by atoms with E-state index in [1.807, 2.05) is 31.2 Å². The average Bonchev–Trinajstić information content (AvgIpc) is 3.32. The Kier molecular flexibility index (Phi) is 5.69. The zero-order chi connectivity index (χ0) is 22.1. The Labute approximate surface area is 184 Å². The van der Waals surface area contributed by atoms with Gasteiger partial charge in [0, 0.05) is 29.6 Å². The molecule has 1 aliphatic rings. The molecule has 7 nitrogen and oxygen atoms in total. The van der Waals surface area contributed by atoms with Crippen LogP contribution in [-0.2, 0) is 18.2 Å². The molecule has 0 bridgehead atoms. The number of methoxy groups -OCH3 is 1. The SMILES string of the molecule is COC(=O)c1ccc(-c2cc(Cl)cc3c2O[C@H](CNC(=O)c2cc(C)nn2C)C3)cc1. The smallest absolute Gasteiger partial charge is 0.337 e. The Hall–Kier alpha value is -3.32. The Bertz CT molecular complexity index is 1150. The molecule has 0 fully saturated rings. The van der Waals surface area contributed by atoms with Crippen LogP contribution in [0.3, 0.4) is 0 Å². The van der Waals surface area contributed by atoms with Gasteiger partial charge in [-0.1, -0.05) is 23.7 Å². The summed E-state index contributed by atoms with van der Waals surface area (Å²) < 4.78 is 12.5. The van der Waals surface area contributed by atoms with Gasteiger partial charge in [-0.25, -0.2) is 4.79 Å². The first kappa shape index (κ1) is 20.9. The summed E-state index contributed by atoms with van der Waals surface area (Å²) in [5, 5.41) is 7.72. The first-order valence-corrected chi connectivity index (χ1v) is 10.2. The van der Waals surface area contributed by atoms with E-state index in [4.69, 9.17) is 21.1 Å². The number of amides is 1. The Morgan fingerprint density at radius 3 is 2.65 bits per heavy atom. The van der Waals surface area contributed by atoms with Gasteiger partial charge < -0.3 is 14.8 Å². The summed E-state index contributed by atoms with van der Waals surface area (Å²) in [6.45, 7) is 2.20. The predicted octanol–water partition coefficient (Wildman–Crippen LogP) is 3.57. The number of hydrogen-bond acceptors (Lipinski definition) is 5. The van der Waals surface area contributed by atoms with Crippen LogP contribution < -0.4 is 10.1 Å². The lowest BCUT2D eigenvalue weighted by molar-refractivity contribution is 0.0600. The van der Waals surface area contributed by atoms with E-state index in [1.54, 1.807) is 29.9 Å². The zero-order valence-corrected chi connectivity index (χ0v) is 18.2. The lowest BCUT2D eigenvalue weighted by Crippen LogP contribution is -2.35. The van der Waals surface area contributed by atoms with E-state index in [0.717, 1.165) is 28.1 Å². The number of esters is 1. The molecule has 8 heteroatoms. The molecule has 0 aliphatic carbocycles. The molecule has 0 radical (unpaired) electrons. The monoisotopic (exact) mass is 439 g/mol. The van der Waals surface area contributed by atoms with Crippen molar-refractivity contribution in [1.29, 1.82) is 0 Å². The van der Waals surface area contributed by atoms with E-state index >= 15 is 0 Å². The van der Waals surface area contributed by atoms with E-state index in [1.165, 1.54) is 7.11 Å². The fourth-order valence-corrected chi connectivity index (χ4v) is 3.99. The van der Waals surface area contributed by atoms with Gasteiger partial charge in [-0.15, -0.1) is 0 Å². The minimum absolute atomic E-state index is 0.195. The van der Waals surface area contributed by atoms with Crippen molar-refractivity contribution in [3.05, 3.63) is 70.0 Å². The number of fused-ring (bicyclic) bond motifs is 1. The molecule has 31 heavy (non-hydrogen) atoms. The normalized spacial score (nSPS) is 14.6. The molecule has 0 saturated carbocycles. The van der Waals surface area contributed by atoms with E-state index in [0.29, 0.717) is 29.2 Å². The molecule has 2 heterocycles. The highest BCUT2D eigenvalue weighted by atomic mass is 35.5. The molecule has 3 aromatic rings. The van der Waals surface area contributed by atoms with Crippen molar-refractivity contribution < 1.29 is 19.1 Å². The second-order valence-electron chi connectivity index (χ2n) is 7.46. The van der Waals surface area contributed by atoms with Gasteiger partial charge in [-0.05, 0) is 42.8 Å². The van der Waals surface area contributed by atoms with Crippen LogP contribution in [0.2, 0.25) is 5.02 Å². The minimum Gasteiger partial charge on any atom is -0.487 e. The molecule has 1 aromatic heterocycles. The molecule has 0 spiro atoms. The van der Waals surface area contributed by atoms with E-state index in [-0.39, 0.29) is 12.0 Å². The third kappa shape index (κ3) is 4.27. The van der Waals surface area contributed by atoms with Gasteiger partial charge in [0.1, 0.15) is 17.5 Å². The van der Waals surface area contributed by atoms with E-state index in [2.05, 4.69) is 10.4 Å². The minimum atomic E-state index is -0.390. The zero-order valence-electron chi connectivity index (χ0n) is 17.4. The molecule has 1 N–H and O–H groups in total. The summed E-state index contributed by atoms with van der Waals surface area (Å²) in [6, 6.07) is 12.6. The van der Waals surface area contributed by atoms with Gasteiger partial charge in [0.15, 0.2) is 0 Å². The summed E-state index contributed by atoms with van der Waals surface area (Å²) in [7, 11) is 3.09. The van der Waals surface area contributed by atoms with Crippen LogP contribution in [0.5, 0.6) is 5.75 Å². The number of aromatic nitrogens is 2. The van der Waals surface area contributed by atoms with Crippen molar-refractivity contribution in [2.45, 2.75) is 19.4 Å². The quantitative estimate of drug-likeness (QED) is 0.614. The number of carbonyl (C=O) groups excluding carboxylic acids is 2. The fraction of sp³-hybridized carbons (Fsp3) is 0.261. The van der Waals surface area contributed by atoms with Crippen molar-refractivity contribution in [2.75, 3.05) is 13.7 Å². The lowest BCUT2D eigenvalue weighted by Gasteiger charge is -2.14. The molecule has 1 aliphatic heterocycles. The standard InChI is InChI=1S/C23H22ClN3O4/c1-13-8-20(27(2)26-13)22(28)25-12-18-10-16-9-17(24)11-19(21(16)31-18)14-4-6-15(7-5-14)23(29)30-3/h4-9,11,18H,10,12H2,1-3H3,(H,25,28)/t18-/m0/s1. The van der Waals surface area contributed by atoms with Crippen LogP contribution in [0.25, 0.3) is 11.1 Å². The van der Waals surface area contributed by atoms with Gasteiger partial charge in [-0.2, -0.15) is 5.10 Å². The van der Waals surface area contributed by atoms with E-state index < -0.39 is 5.97 Å². The molecule has 0 unspecified atom stereocenters. The number of benzene rings is 2. The molecule has 160 valence electrons. The molecule has 1 amide bonds. The number of aryl methyl sites for hydroxylation is 2. The average molecular weight is 440 g/mol. The second-order valence-corrected chi connectivity index (χ2v) is 7.90. The molecular formula is C23H22ClN3O4. The van der Waals surface area contributed by atoms with Gasteiger partial charge in [0.25, 0.3) is 5.91 Å². The third-order valence-electron chi connectivity index (χ3n) is 5.20. The maximum absolute atomic E-state index is 12.5. The Balaban J connectivity index is 1.50. The molecule has 2 aromatic carbocycles. The van der Waals surface area contributed by atoms with Gasteiger partial charge in [0.2, 0.25) is 0 Å². The Morgan fingerprint density at radius 1 is 1.26 bits per heavy atom. The van der Waals surface area contributed by atoms with Crippen LogP contribution in [0.15, 0.2) is 42.5 Å². The third-order valence-corrected chi connectivity index (χ3v) is 5.42. The van der Waals surface area contributed by atoms with Crippen LogP contribution >= 0.6 is 11.6 Å². The van der Waals surface area contributed by atoms with Crippen LogP contribution in [0, 0.1) is 6.92 Å². The largest absolute Gasteiger partial charge is 0.487 e. The number of nitrogens with zero attached hydrogens (tertiary/aromatic N) is 2. The van der Waals surface area contributed by atoms with Crippen molar-refractivity contribution >= 4 is 23.5 Å². The van der Waals surface area contributed by atoms with Crippen molar-refractivity contribution in [3.8, 4) is 16.9 Å². The maximum atomic E-state index is 12.5. The summed E-state index contributed by atoms with van der Waals surface area (Å²) in [6.07, 6.45) is 0.424. The number of carbonyl (C=O) groups is 2. The topological polar surface area (TPSA) is 82.4 Å².